The number of halogens is 1. The van der Waals surface area contributed by atoms with E-state index in [1.807, 2.05) is 6.92 Å². The number of ether oxygens (including phenoxy) is 1. The summed E-state index contributed by atoms with van der Waals surface area (Å²) in [5, 5.41) is 3.42. The van der Waals surface area contributed by atoms with Crippen molar-refractivity contribution >= 4 is 38.9 Å². The van der Waals surface area contributed by atoms with E-state index in [1.54, 1.807) is 42.5 Å². The van der Waals surface area contributed by atoms with Crippen LogP contribution in [0.5, 0.6) is 5.75 Å². The van der Waals surface area contributed by atoms with Gasteiger partial charge in [0.2, 0.25) is 10.0 Å². The van der Waals surface area contributed by atoms with Gasteiger partial charge in [0.05, 0.1) is 11.9 Å². The van der Waals surface area contributed by atoms with Crippen molar-refractivity contribution in [1.29, 1.82) is 0 Å². The van der Waals surface area contributed by atoms with Crippen LogP contribution in [-0.2, 0) is 14.8 Å². The van der Waals surface area contributed by atoms with Gasteiger partial charge in [0.25, 0.3) is 5.91 Å². The SMILES string of the molecule is Cc1cc(Cl)ccc1NC(=O)[C@H]1CCN(S(C)(=O)=O)c2ccccc2O1. The van der Waals surface area contributed by atoms with Gasteiger partial charge in [0.15, 0.2) is 6.10 Å². The quantitative estimate of drug-likeness (QED) is 0.867. The van der Waals surface area contributed by atoms with Crippen LogP contribution >= 0.6 is 11.6 Å². The second-order valence-electron chi connectivity index (χ2n) is 6.15. The highest BCUT2D eigenvalue weighted by Gasteiger charge is 2.31. The zero-order chi connectivity index (χ0) is 18.9. The van der Waals surface area contributed by atoms with Crippen LogP contribution in [-0.4, -0.2) is 33.2 Å². The summed E-state index contributed by atoms with van der Waals surface area (Å²) in [7, 11) is -3.48. The van der Waals surface area contributed by atoms with E-state index >= 15 is 0 Å². The fourth-order valence-electron chi connectivity index (χ4n) is 2.84. The standard InChI is InChI=1S/C18H19ClN2O4S/c1-12-11-13(19)7-8-14(12)20-18(22)17-9-10-21(26(2,23)24)15-5-3-4-6-16(15)25-17/h3-8,11,17H,9-10H2,1-2H3,(H,20,22)/t17-/m1/s1. The third kappa shape index (κ3) is 3.94. The minimum absolute atomic E-state index is 0.160. The van der Waals surface area contributed by atoms with Gasteiger partial charge in [-0.3, -0.25) is 9.10 Å². The van der Waals surface area contributed by atoms with Gasteiger partial charge in [-0.1, -0.05) is 23.7 Å². The van der Waals surface area contributed by atoms with E-state index < -0.39 is 16.1 Å². The van der Waals surface area contributed by atoms with Gasteiger partial charge < -0.3 is 10.1 Å². The molecule has 1 aliphatic rings. The predicted molar refractivity (Wildman–Crippen MR) is 102 cm³/mol. The molecular formula is C18H19ClN2O4S. The zero-order valence-corrected chi connectivity index (χ0v) is 16.0. The van der Waals surface area contributed by atoms with E-state index in [0.717, 1.165) is 11.8 Å². The molecule has 0 aliphatic carbocycles. The Kier molecular flexibility index (Phi) is 5.11. The van der Waals surface area contributed by atoms with Crippen LogP contribution in [0.15, 0.2) is 42.5 Å². The molecule has 3 rings (SSSR count). The molecule has 0 radical (unpaired) electrons. The first-order valence-corrected chi connectivity index (χ1v) is 10.3. The molecule has 0 unspecified atom stereocenters. The van der Waals surface area contributed by atoms with Crippen LogP contribution in [0.4, 0.5) is 11.4 Å². The van der Waals surface area contributed by atoms with Gasteiger partial charge in [-0.25, -0.2) is 8.42 Å². The molecular weight excluding hydrogens is 376 g/mol. The average Bonchev–Trinajstić information content (AvgIpc) is 2.76. The third-order valence-electron chi connectivity index (χ3n) is 4.14. The van der Waals surface area contributed by atoms with Crippen molar-refractivity contribution in [3.63, 3.8) is 0 Å². The van der Waals surface area contributed by atoms with E-state index in [-0.39, 0.29) is 18.9 Å². The molecule has 0 saturated heterocycles. The topological polar surface area (TPSA) is 75.7 Å². The van der Waals surface area contributed by atoms with Crippen molar-refractivity contribution in [2.75, 3.05) is 22.4 Å². The van der Waals surface area contributed by atoms with E-state index in [9.17, 15) is 13.2 Å². The molecule has 0 spiro atoms. The molecule has 1 amide bonds. The highest BCUT2D eigenvalue weighted by Crippen LogP contribution is 2.34. The summed E-state index contributed by atoms with van der Waals surface area (Å²) in [5.74, 6) is 0.0315. The molecule has 1 aliphatic heterocycles. The Bertz CT molecular complexity index is 946. The van der Waals surface area contributed by atoms with E-state index in [0.29, 0.717) is 22.1 Å². The smallest absolute Gasteiger partial charge is 0.265 e. The molecule has 0 aromatic heterocycles. The molecule has 2 aromatic rings. The maximum atomic E-state index is 12.7. The normalized spacial score (nSPS) is 17.0. The van der Waals surface area contributed by atoms with Crippen molar-refractivity contribution in [1.82, 2.24) is 0 Å². The lowest BCUT2D eigenvalue weighted by atomic mass is 10.2. The Hall–Kier alpha value is -2.25. The molecule has 138 valence electrons. The first kappa shape index (κ1) is 18.5. The number of para-hydroxylation sites is 2. The number of sulfonamides is 1. The fraction of sp³-hybridized carbons (Fsp3) is 0.278. The minimum atomic E-state index is -3.48. The van der Waals surface area contributed by atoms with Crippen molar-refractivity contribution in [2.45, 2.75) is 19.4 Å². The average molecular weight is 395 g/mol. The van der Waals surface area contributed by atoms with Crippen molar-refractivity contribution in [3.05, 3.63) is 53.1 Å². The Morgan fingerprint density at radius 3 is 2.69 bits per heavy atom. The van der Waals surface area contributed by atoms with Crippen LogP contribution in [0.3, 0.4) is 0 Å². The lowest BCUT2D eigenvalue weighted by Gasteiger charge is -2.20. The molecule has 1 heterocycles. The summed E-state index contributed by atoms with van der Waals surface area (Å²) in [6.07, 6.45) is 0.569. The number of hydrogen-bond donors (Lipinski definition) is 1. The Labute approximate surface area is 157 Å². The molecule has 0 saturated carbocycles. The molecule has 2 aromatic carbocycles. The number of aryl methyl sites for hydroxylation is 1. The highest BCUT2D eigenvalue weighted by atomic mass is 35.5. The molecule has 0 fully saturated rings. The van der Waals surface area contributed by atoms with Crippen LogP contribution < -0.4 is 14.4 Å². The molecule has 1 atom stereocenters. The summed E-state index contributed by atoms with van der Waals surface area (Å²) in [4.78, 5) is 12.7. The third-order valence-corrected chi connectivity index (χ3v) is 5.55. The van der Waals surface area contributed by atoms with Crippen molar-refractivity contribution in [2.24, 2.45) is 0 Å². The summed E-state index contributed by atoms with van der Waals surface area (Å²) >= 11 is 5.94. The van der Waals surface area contributed by atoms with Gasteiger partial charge in [-0.2, -0.15) is 0 Å². The summed E-state index contributed by atoms with van der Waals surface area (Å²) < 4.78 is 31.3. The van der Waals surface area contributed by atoms with E-state index in [2.05, 4.69) is 5.32 Å². The van der Waals surface area contributed by atoms with Crippen molar-refractivity contribution < 1.29 is 17.9 Å². The summed E-state index contributed by atoms with van der Waals surface area (Å²) in [5.41, 5.74) is 1.91. The number of fused-ring (bicyclic) bond motifs is 1. The van der Waals surface area contributed by atoms with Gasteiger partial charge >= 0.3 is 0 Å². The first-order chi connectivity index (χ1) is 12.3. The monoisotopic (exact) mass is 394 g/mol. The maximum absolute atomic E-state index is 12.7. The lowest BCUT2D eigenvalue weighted by Crippen LogP contribution is -2.36. The van der Waals surface area contributed by atoms with Crippen LogP contribution in [0.25, 0.3) is 0 Å². The van der Waals surface area contributed by atoms with Crippen molar-refractivity contribution in [3.8, 4) is 5.75 Å². The number of carbonyl (C=O) groups is 1. The second kappa shape index (κ2) is 7.17. The number of amides is 1. The number of rotatable bonds is 3. The number of nitrogens with one attached hydrogen (secondary N) is 1. The minimum Gasteiger partial charge on any atom is -0.478 e. The Morgan fingerprint density at radius 2 is 2.00 bits per heavy atom. The number of hydrogen-bond acceptors (Lipinski definition) is 4. The molecule has 8 heteroatoms. The number of nitrogens with zero attached hydrogens (tertiary/aromatic N) is 1. The number of carbonyl (C=O) groups excluding carboxylic acids is 1. The molecule has 1 N–H and O–H groups in total. The number of anilines is 2. The maximum Gasteiger partial charge on any atom is 0.265 e. The van der Waals surface area contributed by atoms with Crippen LogP contribution in [0, 0.1) is 6.92 Å². The van der Waals surface area contributed by atoms with Gasteiger partial charge in [0.1, 0.15) is 5.75 Å². The van der Waals surface area contributed by atoms with E-state index in [4.69, 9.17) is 16.3 Å². The zero-order valence-electron chi connectivity index (χ0n) is 14.4. The lowest BCUT2D eigenvalue weighted by molar-refractivity contribution is -0.122. The molecule has 26 heavy (non-hydrogen) atoms. The Balaban J connectivity index is 1.85. The summed E-state index contributed by atoms with van der Waals surface area (Å²) in [6.45, 7) is 2.00. The summed E-state index contributed by atoms with van der Waals surface area (Å²) in [6, 6.07) is 12.0. The van der Waals surface area contributed by atoms with Gasteiger partial charge in [-0.15, -0.1) is 0 Å². The van der Waals surface area contributed by atoms with E-state index in [1.165, 1.54) is 4.31 Å². The Morgan fingerprint density at radius 1 is 1.27 bits per heavy atom. The second-order valence-corrected chi connectivity index (χ2v) is 8.49. The van der Waals surface area contributed by atoms with Gasteiger partial charge in [0, 0.05) is 23.7 Å². The largest absolute Gasteiger partial charge is 0.478 e. The first-order valence-electron chi connectivity index (χ1n) is 8.06. The molecule has 6 nitrogen and oxygen atoms in total. The fourth-order valence-corrected chi connectivity index (χ4v) is 4.01. The van der Waals surface area contributed by atoms with Crippen LogP contribution in [0.1, 0.15) is 12.0 Å². The highest BCUT2D eigenvalue weighted by molar-refractivity contribution is 7.92. The van der Waals surface area contributed by atoms with Crippen LogP contribution in [0.2, 0.25) is 5.02 Å². The molecule has 0 bridgehead atoms. The van der Waals surface area contributed by atoms with Gasteiger partial charge in [-0.05, 0) is 42.8 Å². The predicted octanol–water partition coefficient (Wildman–Crippen LogP) is 3.20. The number of benzene rings is 2.